The van der Waals surface area contributed by atoms with Crippen LogP contribution in [0, 0.1) is 5.82 Å². The van der Waals surface area contributed by atoms with Gasteiger partial charge in [-0.15, -0.1) is 0 Å². The summed E-state index contributed by atoms with van der Waals surface area (Å²) in [5.41, 5.74) is 6.70. The highest BCUT2D eigenvalue weighted by molar-refractivity contribution is 5.93. The molecule has 1 saturated heterocycles. The van der Waals surface area contributed by atoms with Gasteiger partial charge in [0.2, 0.25) is 5.91 Å². The van der Waals surface area contributed by atoms with Gasteiger partial charge >= 0.3 is 0 Å². The molecular formula is C13H18FN3O2. The minimum absolute atomic E-state index is 0.202. The minimum Gasteiger partial charge on any atom is -0.397 e. The van der Waals surface area contributed by atoms with Crippen LogP contribution in [0.1, 0.15) is 19.8 Å². The maximum absolute atomic E-state index is 14.0. The van der Waals surface area contributed by atoms with E-state index in [2.05, 4.69) is 5.32 Å². The lowest BCUT2D eigenvalue weighted by atomic mass is 10.1. The summed E-state index contributed by atoms with van der Waals surface area (Å²) in [6, 6.07) is 2.76. The van der Waals surface area contributed by atoms with E-state index in [1.54, 1.807) is 6.07 Å². The number of nitrogens with zero attached hydrogens (tertiary/aromatic N) is 1. The third kappa shape index (κ3) is 3.14. The third-order valence-corrected chi connectivity index (χ3v) is 3.23. The van der Waals surface area contributed by atoms with Gasteiger partial charge in [0.15, 0.2) is 0 Å². The zero-order valence-corrected chi connectivity index (χ0v) is 10.8. The number of hydrogen-bond acceptors (Lipinski definition) is 4. The molecule has 0 atom stereocenters. The van der Waals surface area contributed by atoms with Crippen molar-refractivity contribution in [3.63, 3.8) is 0 Å². The van der Waals surface area contributed by atoms with E-state index in [-0.39, 0.29) is 17.7 Å². The van der Waals surface area contributed by atoms with Crippen LogP contribution in [0.3, 0.4) is 0 Å². The molecule has 6 heteroatoms. The smallest absolute Gasteiger partial charge is 0.221 e. The van der Waals surface area contributed by atoms with Crippen LogP contribution in [0.25, 0.3) is 0 Å². The van der Waals surface area contributed by atoms with E-state index in [4.69, 9.17) is 5.73 Å². The van der Waals surface area contributed by atoms with Gasteiger partial charge in [0.25, 0.3) is 0 Å². The van der Waals surface area contributed by atoms with Gasteiger partial charge in [0.05, 0.1) is 23.2 Å². The lowest BCUT2D eigenvalue weighted by molar-refractivity contribution is -0.114. The number of benzene rings is 1. The van der Waals surface area contributed by atoms with E-state index < -0.39 is 5.82 Å². The largest absolute Gasteiger partial charge is 0.397 e. The van der Waals surface area contributed by atoms with Crippen molar-refractivity contribution < 1.29 is 14.3 Å². The van der Waals surface area contributed by atoms with Crippen molar-refractivity contribution in [1.82, 2.24) is 0 Å². The number of halogens is 1. The first kappa shape index (κ1) is 13.6. The Morgan fingerprint density at radius 3 is 2.68 bits per heavy atom. The Morgan fingerprint density at radius 2 is 2.11 bits per heavy atom. The number of hydrogen-bond donors (Lipinski definition) is 3. The molecule has 2 rings (SSSR count). The van der Waals surface area contributed by atoms with E-state index >= 15 is 0 Å². The summed E-state index contributed by atoms with van der Waals surface area (Å²) in [4.78, 5) is 12.9. The monoisotopic (exact) mass is 267 g/mol. The summed E-state index contributed by atoms with van der Waals surface area (Å²) in [5, 5.41) is 12.0. The van der Waals surface area contributed by atoms with E-state index in [0.717, 1.165) is 0 Å². The predicted molar refractivity (Wildman–Crippen MR) is 72.6 cm³/mol. The fourth-order valence-corrected chi connectivity index (χ4v) is 2.22. The molecule has 104 valence electrons. The molecule has 0 spiro atoms. The van der Waals surface area contributed by atoms with Gasteiger partial charge in [-0.05, 0) is 18.9 Å². The van der Waals surface area contributed by atoms with Crippen molar-refractivity contribution in [2.24, 2.45) is 0 Å². The van der Waals surface area contributed by atoms with Crippen molar-refractivity contribution in [2.45, 2.75) is 25.9 Å². The van der Waals surface area contributed by atoms with E-state index in [0.29, 0.717) is 37.3 Å². The number of nitrogen functional groups attached to an aromatic ring is 1. The quantitative estimate of drug-likeness (QED) is 0.706. The fraction of sp³-hybridized carbons (Fsp3) is 0.462. The van der Waals surface area contributed by atoms with Crippen molar-refractivity contribution in [3.05, 3.63) is 17.9 Å². The summed E-state index contributed by atoms with van der Waals surface area (Å²) in [6.07, 6.45) is 0.904. The van der Waals surface area contributed by atoms with Crippen LogP contribution in [0.5, 0.6) is 0 Å². The van der Waals surface area contributed by atoms with Gasteiger partial charge < -0.3 is 21.1 Å². The number of aliphatic hydroxyl groups is 1. The number of carbonyl (C=O) groups excluding carboxylic acids is 1. The van der Waals surface area contributed by atoms with Crippen LogP contribution in [-0.4, -0.2) is 30.2 Å². The van der Waals surface area contributed by atoms with Gasteiger partial charge in [0, 0.05) is 26.1 Å². The summed E-state index contributed by atoms with van der Waals surface area (Å²) in [5.74, 6) is -0.665. The summed E-state index contributed by atoms with van der Waals surface area (Å²) in [6.45, 7) is 2.54. The fourth-order valence-electron chi connectivity index (χ4n) is 2.22. The molecule has 19 heavy (non-hydrogen) atoms. The molecule has 1 aromatic carbocycles. The highest BCUT2D eigenvalue weighted by atomic mass is 19.1. The van der Waals surface area contributed by atoms with Crippen molar-refractivity contribution in [2.75, 3.05) is 29.0 Å². The van der Waals surface area contributed by atoms with E-state index in [1.807, 2.05) is 4.90 Å². The second-order valence-corrected chi connectivity index (χ2v) is 4.79. The molecule has 1 fully saturated rings. The molecule has 0 bridgehead atoms. The average molecular weight is 267 g/mol. The molecule has 1 aromatic rings. The van der Waals surface area contributed by atoms with E-state index in [1.165, 1.54) is 13.0 Å². The Balaban J connectivity index is 2.26. The highest BCUT2D eigenvalue weighted by Gasteiger charge is 2.21. The molecule has 0 unspecified atom stereocenters. The molecular weight excluding hydrogens is 249 g/mol. The zero-order chi connectivity index (χ0) is 14.0. The normalized spacial score (nSPS) is 16.5. The topological polar surface area (TPSA) is 78.6 Å². The zero-order valence-electron chi connectivity index (χ0n) is 10.8. The van der Waals surface area contributed by atoms with Gasteiger partial charge in [-0.1, -0.05) is 0 Å². The molecule has 1 heterocycles. The van der Waals surface area contributed by atoms with E-state index in [9.17, 15) is 14.3 Å². The van der Waals surface area contributed by atoms with Crippen LogP contribution in [0.2, 0.25) is 0 Å². The number of nitrogens with two attached hydrogens (primary N) is 1. The van der Waals surface area contributed by atoms with Crippen LogP contribution in [0.4, 0.5) is 21.5 Å². The van der Waals surface area contributed by atoms with Gasteiger partial charge in [-0.3, -0.25) is 4.79 Å². The lowest BCUT2D eigenvalue weighted by Crippen LogP contribution is -2.36. The number of anilines is 3. The molecule has 0 aliphatic carbocycles. The molecule has 1 aliphatic heterocycles. The molecule has 5 nitrogen and oxygen atoms in total. The molecule has 0 radical (unpaired) electrons. The number of nitrogens with one attached hydrogen (secondary N) is 1. The van der Waals surface area contributed by atoms with Crippen molar-refractivity contribution in [3.8, 4) is 0 Å². The second kappa shape index (κ2) is 5.44. The average Bonchev–Trinajstić information content (AvgIpc) is 2.33. The minimum atomic E-state index is -0.414. The SMILES string of the molecule is CC(=O)Nc1cc(N2CCC(O)CC2)c(F)cc1N. The Bertz CT molecular complexity index is 485. The number of aliphatic hydroxyl groups excluding tert-OH is 1. The molecule has 1 amide bonds. The predicted octanol–water partition coefficient (Wildman–Crippen LogP) is 1.33. The number of carbonyl (C=O) groups is 1. The molecule has 1 aliphatic rings. The molecule has 0 saturated carbocycles. The Hall–Kier alpha value is -1.82. The number of piperidine rings is 1. The standard InChI is InChI=1S/C13H18FN3O2/c1-8(18)16-12-7-13(10(14)6-11(12)15)17-4-2-9(19)3-5-17/h6-7,9,19H,2-5,15H2,1H3,(H,16,18). The third-order valence-electron chi connectivity index (χ3n) is 3.23. The Kier molecular flexibility index (Phi) is 3.90. The van der Waals surface area contributed by atoms with Gasteiger partial charge in [-0.25, -0.2) is 4.39 Å². The molecule has 0 aromatic heterocycles. The second-order valence-electron chi connectivity index (χ2n) is 4.79. The number of rotatable bonds is 2. The first-order valence-corrected chi connectivity index (χ1v) is 6.27. The van der Waals surface area contributed by atoms with Gasteiger partial charge in [0.1, 0.15) is 5.82 Å². The first-order chi connectivity index (χ1) is 8.97. The van der Waals surface area contributed by atoms with Crippen molar-refractivity contribution >= 4 is 23.0 Å². The van der Waals surface area contributed by atoms with Crippen LogP contribution in [-0.2, 0) is 4.79 Å². The lowest BCUT2D eigenvalue weighted by Gasteiger charge is -2.32. The summed E-state index contributed by atoms with van der Waals surface area (Å²) in [7, 11) is 0. The molecule has 4 N–H and O–H groups in total. The maximum Gasteiger partial charge on any atom is 0.221 e. The van der Waals surface area contributed by atoms with Crippen LogP contribution >= 0.6 is 0 Å². The first-order valence-electron chi connectivity index (χ1n) is 6.27. The van der Waals surface area contributed by atoms with Crippen LogP contribution in [0.15, 0.2) is 12.1 Å². The maximum atomic E-state index is 14.0. The van der Waals surface area contributed by atoms with Crippen molar-refractivity contribution in [1.29, 1.82) is 0 Å². The number of amides is 1. The highest BCUT2D eigenvalue weighted by Crippen LogP contribution is 2.30. The summed E-state index contributed by atoms with van der Waals surface area (Å²) < 4.78 is 14.0. The van der Waals surface area contributed by atoms with Crippen LogP contribution < -0.4 is 16.0 Å². The summed E-state index contributed by atoms with van der Waals surface area (Å²) >= 11 is 0. The Labute approximate surface area is 111 Å². The Morgan fingerprint density at radius 1 is 1.47 bits per heavy atom. The van der Waals surface area contributed by atoms with Gasteiger partial charge in [-0.2, -0.15) is 0 Å².